The number of aromatic nitrogens is 2. The van der Waals surface area contributed by atoms with E-state index in [9.17, 15) is 9.59 Å². The van der Waals surface area contributed by atoms with Crippen molar-refractivity contribution in [2.75, 3.05) is 41.8 Å². The molecule has 3 rings (SSSR count). The molecule has 0 radical (unpaired) electrons. The summed E-state index contributed by atoms with van der Waals surface area (Å²) in [7, 11) is 0. The van der Waals surface area contributed by atoms with E-state index < -0.39 is 0 Å². The number of carbonyl (C=O) groups excluding carboxylic acids is 2. The summed E-state index contributed by atoms with van der Waals surface area (Å²) in [5, 5.41) is 5.49. The highest BCUT2D eigenvalue weighted by molar-refractivity contribution is 6.03. The average molecular weight is 355 g/mol. The zero-order valence-corrected chi connectivity index (χ0v) is 14.8. The van der Waals surface area contributed by atoms with Gasteiger partial charge in [-0.3, -0.25) is 9.59 Å². The first-order chi connectivity index (χ1) is 12.5. The van der Waals surface area contributed by atoms with Crippen LogP contribution in [0.2, 0.25) is 0 Å². The van der Waals surface area contributed by atoms with Crippen molar-refractivity contribution in [2.24, 2.45) is 0 Å². The molecule has 0 unspecified atom stereocenters. The first kappa shape index (κ1) is 17.8. The highest BCUT2D eigenvalue weighted by Gasteiger charge is 2.17. The molecule has 1 saturated heterocycles. The Labute approximate surface area is 151 Å². The van der Waals surface area contributed by atoms with Gasteiger partial charge in [-0.1, -0.05) is 6.07 Å². The van der Waals surface area contributed by atoms with Crippen LogP contribution in [0.4, 0.5) is 17.3 Å². The van der Waals surface area contributed by atoms with Gasteiger partial charge in [0.05, 0.1) is 13.2 Å². The number of aryl methyl sites for hydroxylation is 1. The van der Waals surface area contributed by atoms with E-state index in [1.807, 2.05) is 11.8 Å². The van der Waals surface area contributed by atoms with Crippen molar-refractivity contribution >= 4 is 29.1 Å². The van der Waals surface area contributed by atoms with Gasteiger partial charge in [-0.05, 0) is 31.2 Å². The van der Waals surface area contributed by atoms with Gasteiger partial charge in [0.2, 0.25) is 11.9 Å². The molecular weight excluding hydrogens is 334 g/mol. The number of carbonyl (C=O) groups is 2. The number of hydrogen-bond donors (Lipinski definition) is 2. The lowest BCUT2D eigenvalue weighted by Gasteiger charge is -2.27. The predicted molar refractivity (Wildman–Crippen MR) is 98.5 cm³/mol. The molecule has 1 aliphatic heterocycles. The first-order valence-corrected chi connectivity index (χ1v) is 8.38. The summed E-state index contributed by atoms with van der Waals surface area (Å²) in [5.41, 5.74) is 2.20. The average Bonchev–Trinajstić information content (AvgIpc) is 2.61. The Kier molecular flexibility index (Phi) is 5.43. The number of nitrogens with zero attached hydrogens (tertiary/aromatic N) is 3. The van der Waals surface area contributed by atoms with E-state index >= 15 is 0 Å². The highest BCUT2D eigenvalue weighted by atomic mass is 16.5. The Balaban J connectivity index is 1.77. The number of amides is 2. The molecule has 1 fully saturated rings. The molecule has 2 N–H and O–H groups in total. The van der Waals surface area contributed by atoms with Crippen molar-refractivity contribution in [1.29, 1.82) is 0 Å². The maximum atomic E-state index is 12.6. The molecule has 1 aromatic carbocycles. The second kappa shape index (κ2) is 7.92. The second-order valence-electron chi connectivity index (χ2n) is 6.01. The van der Waals surface area contributed by atoms with Crippen LogP contribution >= 0.6 is 0 Å². The largest absolute Gasteiger partial charge is 0.378 e. The molecule has 2 heterocycles. The van der Waals surface area contributed by atoms with Gasteiger partial charge >= 0.3 is 0 Å². The summed E-state index contributed by atoms with van der Waals surface area (Å²) in [6, 6.07) is 8.60. The standard InChI is InChI=1S/C18H21N5O3/c1-12-10-16(22-18(19-12)23-6-8-26-9-7-23)17(25)21-15-5-3-4-14(11-15)20-13(2)24/h3-5,10-11H,6-9H2,1-2H3,(H,20,24)(H,21,25). The Morgan fingerprint density at radius 2 is 1.77 bits per heavy atom. The van der Waals surface area contributed by atoms with Gasteiger partial charge in [-0.2, -0.15) is 0 Å². The minimum Gasteiger partial charge on any atom is -0.378 e. The molecule has 2 aromatic rings. The minimum atomic E-state index is -0.329. The Morgan fingerprint density at radius 1 is 1.08 bits per heavy atom. The van der Waals surface area contributed by atoms with Crippen molar-refractivity contribution in [3.05, 3.63) is 41.7 Å². The van der Waals surface area contributed by atoms with E-state index in [2.05, 4.69) is 20.6 Å². The van der Waals surface area contributed by atoms with Crippen LogP contribution in [0.5, 0.6) is 0 Å². The molecule has 26 heavy (non-hydrogen) atoms. The molecule has 0 atom stereocenters. The zero-order valence-electron chi connectivity index (χ0n) is 14.8. The number of ether oxygens (including phenoxy) is 1. The number of benzene rings is 1. The van der Waals surface area contributed by atoms with Crippen LogP contribution in [0.1, 0.15) is 23.1 Å². The number of anilines is 3. The van der Waals surface area contributed by atoms with E-state index in [-0.39, 0.29) is 11.8 Å². The molecule has 0 saturated carbocycles. The summed E-state index contributed by atoms with van der Waals surface area (Å²) in [5.74, 6) is 0.0329. The molecule has 1 aromatic heterocycles. The SMILES string of the molecule is CC(=O)Nc1cccc(NC(=O)c2cc(C)nc(N3CCOCC3)n2)c1. The molecule has 136 valence electrons. The minimum absolute atomic E-state index is 0.171. The first-order valence-electron chi connectivity index (χ1n) is 8.38. The van der Waals surface area contributed by atoms with Crippen molar-refractivity contribution in [3.8, 4) is 0 Å². The number of nitrogens with one attached hydrogen (secondary N) is 2. The van der Waals surface area contributed by atoms with Crippen LogP contribution in [0.25, 0.3) is 0 Å². The molecule has 2 amide bonds. The van der Waals surface area contributed by atoms with Crippen molar-refractivity contribution in [3.63, 3.8) is 0 Å². The van der Waals surface area contributed by atoms with E-state index in [0.29, 0.717) is 49.3 Å². The van der Waals surface area contributed by atoms with Crippen LogP contribution in [0.3, 0.4) is 0 Å². The molecule has 0 bridgehead atoms. The third-order valence-corrected chi connectivity index (χ3v) is 3.81. The van der Waals surface area contributed by atoms with Gasteiger partial charge in [0.25, 0.3) is 5.91 Å². The van der Waals surface area contributed by atoms with Gasteiger partial charge in [0, 0.05) is 37.1 Å². The summed E-state index contributed by atoms with van der Waals surface area (Å²) in [6.07, 6.45) is 0. The molecule has 8 nitrogen and oxygen atoms in total. The fraction of sp³-hybridized carbons (Fsp3) is 0.333. The molecule has 1 aliphatic rings. The quantitative estimate of drug-likeness (QED) is 0.869. The smallest absolute Gasteiger partial charge is 0.274 e. The summed E-state index contributed by atoms with van der Waals surface area (Å²) >= 11 is 0. The topological polar surface area (TPSA) is 96.5 Å². The van der Waals surface area contributed by atoms with Gasteiger partial charge in [0.15, 0.2) is 0 Å². The second-order valence-corrected chi connectivity index (χ2v) is 6.01. The van der Waals surface area contributed by atoms with Crippen molar-refractivity contribution in [2.45, 2.75) is 13.8 Å². The van der Waals surface area contributed by atoms with Crippen LogP contribution < -0.4 is 15.5 Å². The third kappa shape index (κ3) is 4.54. The highest BCUT2D eigenvalue weighted by Crippen LogP contribution is 2.17. The van der Waals surface area contributed by atoms with Crippen molar-refractivity contribution < 1.29 is 14.3 Å². The van der Waals surface area contributed by atoms with Gasteiger partial charge in [-0.25, -0.2) is 9.97 Å². The van der Waals surface area contributed by atoms with Gasteiger partial charge < -0.3 is 20.3 Å². The van der Waals surface area contributed by atoms with Crippen LogP contribution in [-0.4, -0.2) is 48.1 Å². The Bertz CT molecular complexity index is 818. The monoisotopic (exact) mass is 355 g/mol. The zero-order chi connectivity index (χ0) is 18.5. The Hall–Kier alpha value is -3.00. The summed E-state index contributed by atoms with van der Waals surface area (Å²) < 4.78 is 5.34. The molecule has 8 heteroatoms. The molecule has 0 aliphatic carbocycles. The fourth-order valence-electron chi connectivity index (χ4n) is 2.65. The molecular formula is C18H21N5O3. The summed E-state index contributed by atoms with van der Waals surface area (Å²) in [6.45, 7) is 5.90. The van der Waals surface area contributed by atoms with Gasteiger partial charge in [-0.15, -0.1) is 0 Å². The van der Waals surface area contributed by atoms with E-state index in [0.717, 1.165) is 5.69 Å². The molecule has 0 spiro atoms. The van der Waals surface area contributed by atoms with Crippen LogP contribution in [0.15, 0.2) is 30.3 Å². The predicted octanol–water partition coefficient (Wildman–Crippen LogP) is 1.83. The number of hydrogen-bond acceptors (Lipinski definition) is 6. The van der Waals surface area contributed by atoms with E-state index in [1.54, 1.807) is 30.3 Å². The van der Waals surface area contributed by atoms with Crippen LogP contribution in [-0.2, 0) is 9.53 Å². The Morgan fingerprint density at radius 3 is 2.46 bits per heavy atom. The fourth-order valence-corrected chi connectivity index (χ4v) is 2.65. The summed E-state index contributed by atoms with van der Waals surface area (Å²) in [4.78, 5) is 34.6. The van der Waals surface area contributed by atoms with Crippen molar-refractivity contribution in [1.82, 2.24) is 9.97 Å². The maximum absolute atomic E-state index is 12.6. The number of rotatable bonds is 4. The lowest BCUT2D eigenvalue weighted by Crippen LogP contribution is -2.37. The van der Waals surface area contributed by atoms with Gasteiger partial charge in [0.1, 0.15) is 5.69 Å². The number of morpholine rings is 1. The third-order valence-electron chi connectivity index (χ3n) is 3.81. The van der Waals surface area contributed by atoms with Crippen LogP contribution in [0, 0.1) is 6.92 Å². The van der Waals surface area contributed by atoms with E-state index in [4.69, 9.17) is 4.74 Å². The maximum Gasteiger partial charge on any atom is 0.274 e. The van der Waals surface area contributed by atoms with E-state index in [1.165, 1.54) is 6.92 Å². The lowest BCUT2D eigenvalue weighted by molar-refractivity contribution is -0.114. The normalized spacial score (nSPS) is 14.0. The lowest BCUT2D eigenvalue weighted by atomic mass is 10.2.